The second-order valence-corrected chi connectivity index (χ2v) is 5.32. The highest BCUT2D eigenvalue weighted by molar-refractivity contribution is 8.04. The summed E-state index contributed by atoms with van der Waals surface area (Å²) in [4.78, 5) is 10.6. The van der Waals surface area contributed by atoms with E-state index < -0.39 is 0 Å². The van der Waals surface area contributed by atoms with E-state index in [1.54, 1.807) is 0 Å². The van der Waals surface area contributed by atoms with Crippen LogP contribution in [0.2, 0.25) is 0 Å². The van der Waals surface area contributed by atoms with Gasteiger partial charge in [0, 0.05) is 29.4 Å². The molecule has 1 atom stereocenters. The molecule has 0 aromatic carbocycles. The molecule has 0 radical (unpaired) electrons. The van der Waals surface area contributed by atoms with Crippen LogP contribution in [0.4, 0.5) is 0 Å². The molecule has 0 aromatic heterocycles. The van der Waals surface area contributed by atoms with Gasteiger partial charge in [-0.05, 0) is 0 Å². The molecule has 74 valence electrons. The number of hydrogen-bond donors (Lipinski definition) is 0. The summed E-state index contributed by atoms with van der Waals surface area (Å²) >= 11 is 3.71. The molecule has 1 unspecified atom stereocenters. The summed E-state index contributed by atoms with van der Waals surface area (Å²) in [6.07, 6.45) is 0. The second kappa shape index (κ2) is 5.60. The second-order valence-electron chi connectivity index (χ2n) is 3.00. The van der Waals surface area contributed by atoms with E-state index in [2.05, 4.69) is 6.58 Å². The lowest BCUT2D eigenvalue weighted by Gasteiger charge is -2.11. The van der Waals surface area contributed by atoms with Crippen molar-refractivity contribution in [2.24, 2.45) is 0 Å². The van der Waals surface area contributed by atoms with E-state index in [1.165, 1.54) is 12.5 Å². The van der Waals surface area contributed by atoms with Gasteiger partial charge in [-0.15, -0.1) is 11.8 Å². The molecule has 4 heteroatoms. The highest BCUT2D eigenvalue weighted by Crippen LogP contribution is 2.25. The lowest BCUT2D eigenvalue weighted by Crippen LogP contribution is -2.16. The third kappa shape index (κ3) is 4.62. The van der Waals surface area contributed by atoms with E-state index in [0.29, 0.717) is 11.9 Å². The first-order valence-corrected chi connectivity index (χ1v) is 6.38. The molecule has 1 saturated heterocycles. The van der Waals surface area contributed by atoms with E-state index in [0.717, 1.165) is 17.3 Å². The lowest BCUT2D eigenvalue weighted by atomic mass is 10.4. The fourth-order valence-corrected chi connectivity index (χ4v) is 3.37. The minimum Gasteiger partial charge on any atom is -0.465 e. The maximum atomic E-state index is 10.6. The van der Waals surface area contributed by atoms with Crippen LogP contribution in [-0.2, 0) is 9.53 Å². The summed E-state index contributed by atoms with van der Waals surface area (Å²) in [6.45, 7) is 5.95. The summed E-state index contributed by atoms with van der Waals surface area (Å²) in [5, 5.41) is 0.438. The zero-order chi connectivity index (χ0) is 9.68. The SMILES string of the molecule is C=C1CSCC(COC(C)=O)SC1. The zero-order valence-electron chi connectivity index (χ0n) is 7.75. The number of ether oxygens (including phenoxy) is 1. The minimum atomic E-state index is -0.186. The van der Waals surface area contributed by atoms with Crippen LogP contribution in [0, 0.1) is 0 Å². The summed E-state index contributed by atoms with van der Waals surface area (Å²) in [5.74, 6) is 2.91. The molecule has 1 aliphatic rings. The molecule has 0 N–H and O–H groups in total. The van der Waals surface area contributed by atoms with Crippen molar-refractivity contribution in [1.29, 1.82) is 0 Å². The Morgan fingerprint density at radius 3 is 3.15 bits per heavy atom. The van der Waals surface area contributed by atoms with E-state index in [1.807, 2.05) is 23.5 Å². The first-order chi connectivity index (χ1) is 6.18. The van der Waals surface area contributed by atoms with Crippen LogP contribution >= 0.6 is 23.5 Å². The van der Waals surface area contributed by atoms with Crippen molar-refractivity contribution in [3.8, 4) is 0 Å². The van der Waals surface area contributed by atoms with Gasteiger partial charge in [0.15, 0.2) is 0 Å². The molecular formula is C9H14O2S2. The average molecular weight is 218 g/mol. The molecular weight excluding hydrogens is 204 g/mol. The fraction of sp³-hybridized carbons (Fsp3) is 0.667. The maximum absolute atomic E-state index is 10.6. The normalized spacial score (nSPS) is 23.8. The first-order valence-electron chi connectivity index (χ1n) is 4.18. The highest BCUT2D eigenvalue weighted by Gasteiger charge is 2.15. The van der Waals surface area contributed by atoms with Gasteiger partial charge in [-0.3, -0.25) is 4.79 Å². The monoisotopic (exact) mass is 218 g/mol. The third-order valence-corrected chi connectivity index (χ3v) is 4.42. The summed E-state index contributed by atoms with van der Waals surface area (Å²) in [7, 11) is 0. The molecule has 0 bridgehead atoms. The van der Waals surface area contributed by atoms with Crippen molar-refractivity contribution < 1.29 is 9.53 Å². The molecule has 0 saturated carbocycles. The first kappa shape index (κ1) is 11.0. The molecule has 1 heterocycles. The van der Waals surface area contributed by atoms with Crippen molar-refractivity contribution in [2.75, 3.05) is 23.9 Å². The topological polar surface area (TPSA) is 26.3 Å². The Hall–Kier alpha value is -0.0900. The Balaban J connectivity index is 2.25. The molecule has 1 aliphatic heterocycles. The van der Waals surface area contributed by atoms with Gasteiger partial charge >= 0.3 is 5.97 Å². The molecule has 1 rings (SSSR count). The number of thioether (sulfide) groups is 2. The Kier molecular flexibility index (Phi) is 4.73. The lowest BCUT2D eigenvalue weighted by molar-refractivity contribution is -0.140. The van der Waals surface area contributed by atoms with Gasteiger partial charge in [-0.2, -0.15) is 11.8 Å². The minimum absolute atomic E-state index is 0.186. The largest absolute Gasteiger partial charge is 0.465 e. The molecule has 13 heavy (non-hydrogen) atoms. The van der Waals surface area contributed by atoms with Gasteiger partial charge in [-0.1, -0.05) is 12.2 Å². The fourth-order valence-electron chi connectivity index (χ4n) is 0.967. The van der Waals surface area contributed by atoms with Crippen molar-refractivity contribution >= 4 is 29.5 Å². The Morgan fingerprint density at radius 1 is 1.69 bits per heavy atom. The molecule has 0 aromatic rings. The number of rotatable bonds is 2. The van der Waals surface area contributed by atoms with Crippen molar-refractivity contribution in [3.05, 3.63) is 12.2 Å². The van der Waals surface area contributed by atoms with Crippen molar-refractivity contribution in [1.82, 2.24) is 0 Å². The van der Waals surface area contributed by atoms with Gasteiger partial charge in [-0.25, -0.2) is 0 Å². The molecule has 0 amide bonds. The average Bonchev–Trinajstić information content (AvgIpc) is 2.27. The van der Waals surface area contributed by atoms with Crippen molar-refractivity contribution in [3.63, 3.8) is 0 Å². The summed E-state index contributed by atoms with van der Waals surface area (Å²) in [6, 6.07) is 0. The van der Waals surface area contributed by atoms with Gasteiger partial charge in [0.2, 0.25) is 0 Å². The van der Waals surface area contributed by atoms with E-state index >= 15 is 0 Å². The van der Waals surface area contributed by atoms with Gasteiger partial charge in [0.25, 0.3) is 0 Å². The van der Waals surface area contributed by atoms with Crippen LogP contribution in [0.25, 0.3) is 0 Å². The smallest absolute Gasteiger partial charge is 0.302 e. The predicted molar refractivity (Wildman–Crippen MR) is 59.3 cm³/mol. The van der Waals surface area contributed by atoms with Crippen LogP contribution in [0.3, 0.4) is 0 Å². The van der Waals surface area contributed by atoms with Gasteiger partial charge in [0.05, 0.1) is 0 Å². The molecule has 0 aliphatic carbocycles. The maximum Gasteiger partial charge on any atom is 0.302 e. The number of carbonyl (C=O) groups excluding carboxylic acids is 1. The molecule has 0 spiro atoms. The van der Waals surface area contributed by atoms with E-state index in [-0.39, 0.29) is 5.97 Å². The summed E-state index contributed by atoms with van der Waals surface area (Å²) in [5.41, 5.74) is 1.28. The van der Waals surface area contributed by atoms with Crippen molar-refractivity contribution in [2.45, 2.75) is 12.2 Å². The standard InChI is InChI=1S/C9H14O2S2/c1-7-4-12-6-9(13-5-7)3-11-8(2)10/h9H,1,3-6H2,2H3. The molecule has 2 nitrogen and oxygen atoms in total. The quantitative estimate of drug-likeness (QED) is 0.523. The predicted octanol–water partition coefficient (Wildman–Crippen LogP) is 1.95. The van der Waals surface area contributed by atoms with Crippen LogP contribution in [-0.4, -0.2) is 35.1 Å². The van der Waals surface area contributed by atoms with Gasteiger partial charge in [0.1, 0.15) is 6.61 Å². The van der Waals surface area contributed by atoms with Crippen LogP contribution in [0.5, 0.6) is 0 Å². The van der Waals surface area contributed by atoms with Crippen LogP contribution in [0.1, 0.15) is 6.92 Å². The van der Waals surface area contributed by atoms with Crippen LogP contribution < -0.4 is 0 Å². The Bertz CT molecular complexity index is 204. The zero-order valence-corrected chi connectivity index (χ0v) is 9.38. The molecule has 1 fully saturated rings. The third-order valence-electron chi connectivity index (χ3n) is 1.61. The Morgan fingerprint density at radius 2 is 2.46 bits per heavy atom. The number of carbonyl (C=O) groups is 1. The Labute approximate surface area is 87.5 Å². The highest BCUT2D eigenvalue weighted by atomic mass is 32.2. The van der Waals surface area contributed by atoms with E-state index in [4.69, 9.17) is 4.74 Å². The van der Waals surface area contributed by atoms with Gasteiger partial charge < -0.3 is 4.74 Å². The van der Waals surface area contributed by atoms with Crippen LogP contribution in [0.15, 0.2) is 12.2 Å². The number of esters is 1. The van der Waals surface area contributed by atoms with E-state index in [9.17, 15) is 4.79 Å². The number of hydrogen-bond acceptors (Lipinski definition) is 4. The summed E-state index contributed by atoms with van der Waals surface area (Å²) < 4.78 is 4.97.